The lowest BCUT2D eigenvalue weighted by atomic mass is 9.85. The number of hydrogen-bond donors (Lipinski definition) is 2. The van der Waals surface area contributed by atoms with Crippen LogP contribution in [0.5, 0.6) is 5.75 Å². The van der Waals surface area contributed by atoms with Crippen LogP contribution in [-0.2, 0) is 0 Å². The second-order valence-electron chi connectivity index (χ2n) is 7.12. The van der Waals surface area contributed by atoms with Gasteiger partial charge in [-0.1, -0.05) is 12.1 Å². The van der Waals surface area contributed by atoms with Gasteiger partial charge in [-0.05, 0) is 70.8 Å². The van der Waals surface area contributed by atoms with Gasteiger partial charge in [-0.25, -0.2) is 0 Å². The number of hydrogen-bond acceptors (Lipinski definition) is 3. The lowest BCUT2D eigenvalue weighted by Crippen LogP contribution is -2.42. The molecule has 1 fully saturated rings. The summed E-state index contributed by atoms with van der Waals surface area (Å²) in [4.78, 5) is 7.33. The normalized spacial score (nSPS) is 21.2. The maximum absolute atomic E-state index is 5.30. The molecule has 6 heteroatoms. The summed E-state index contributed by atoms with van der Waals surface area (Å²) in [6.45, 7) is 9.24. The quantitative estimate of drug-likeness (QED) is 0.376. The zero-order valence-corrected chi connectivity index (χ0v) is 19.1. The molecule has 1 saturated heterocycles. The SMILES string of the molecule is CCNC(=NCC1CCCN(C)C1c1ccc(OC)cc1)NC(C)C.I. The number of ether oxygens (including phenoxy) is 1. The van der Waals surface area contributed by atoms with Crippen molar-refractivity contribution in [2.75, 3.05) is 33.8 Å². The molecule has 1 aromatic carbocycles. The van der Waals surface area contributed by atoms with Crippen LogP contribution in [-0.4, -0.2) is 50.7 Å². The Morgan fingerprint density at radius 1 is 1.31 bits per heavy atom. The van der Waals surface area contributed by atoms with Crippen LogP contribution in [0, 0.1) is 5.92 Å². The average molecular weight is 474 g/mol. The number of likely N-dealkylation sites (tertiary alicyclic amines) is 1. The molecule has 2 unspecified atom stereocenters. The first kappa shape index (κ1) is 23.0. The fourth-order valence-corrected chi connectivity index (χ4v) is 3.58. The summed E-state index contributed by atoms with van der Waals surface area (Å²) in [5.41, 5.74) is 1.35. The molecule has 5 nitrogen and oxygen atoms in total. The van der Waals surface area contributed by atoms with E-state index in [1.807, 2.05) is 0 Å². The average Bonchev–Trinajstić information content (AvgIpc) is 2.59. The monoisotopic (exact) mass is 474 g/mol. The number of rotatable bonds is 6. The van der Waals surface area contributed by atoms with E-state index in [-0.39, 0.29) is 24.0 Å². The van der Waals surface area contributed by atoms with Gasteiger partial charge in [0.25, 0.3) is 0 Å². The predicted octanol–water partition coefficient (Wildman–Crippen LogP) is 3.66. The molecule has 1 heterocycles. The summed E-state index contributed by atoms with van der Waals surface area (Å²) >= 11 is 0. The van der Waals surface area contributed by atoms with Gasteiger partial charge >= 0.3 is 0 Å². The molecule has 0 spiro atoms. The maximum Gasteiger partial charge on any atom is 0.191 e. The summed E-state index contributed by atoms with van der Waals surface area (Å²) in [5.74, 6) is 2.35. The zero-order chi connectivity index (χ0) is 18.2. The standard InChI is InChI=1S/C20H34N4O.HI/c1-6-21-20(23-15(2)3)22-14-17-8-7-13-24(4)19(17)16-9-11-18(25-5)12-10-16;/h9-12,15,17,19H,6-8,13-14H2,1-5H3,(H2,21,22,23);1H. The van der Waals surface area contributed by atoms with Crippen LogP contribution in [0.2, 0.25) is 0 Å². The first-order valence-corrected chi connectivity index (χ1v) is 9.44. The third kappa shape index (κ3) is 6.61. The van der Waals surface area contributed by atoms with Gasteiger partial charge in [0.1, 0.15) is 5.75 Å². The third-order valence-corrected chi connectivity index (χ3v) is 4.72. The molecule has 2 rings (SSSR count). The number of nitrogens with one attached hydrogen (secondary N) is 2. The second kappa shape index (κ2) is 11.6. The molecule has 2 N–H and O–H groups in total. The molecule has 26 heavy (non-hydrogen) atoms. The van der Waals surface area contributed by atoms with Crippen LogP contribution >= 0.6 is 24.0 Å². The van der Waals surface area contributed by atoms with Crippen LogP contribution in [0.15, 0.2) is 29.3 Å². The second-order valence-corrected chi connectivity index (χ2v) is 7.12. The Kier molecular flexibility index (Phi) is 10.3. The maximum atomic E-state index is 5.30. The summed E-state index contributed by atoms with van der Waals surface area (Å²) in [6, 6.07) is 9.29. The first-order chi connectivity index (χ1) is 12.0. The highest BCUT2D eigenvalue weighted by atomic mass is 127. The molecule has 0 bridgehead atoms. The van der Waals surface area contributed by atoms with Gasteiger partial charge in [0.2, 0.25) is 0 Å². The summed E-state index contributed by atoms with van der Waals surface area (Å²) in [7, 11) is 3.94. The lowest BCUT2D eigenvalue weighted by molar-refractivity contribution is 0.125. The smallest absolute Gasteiger partial charge is 0.191 e. The molecule has 1 aromatic rings. The van der Waals surface area contributed by atoms with E-state index in [0.29, 0.717) is 18.0 Å². The van der Waals surface area contributed by atoms with Crippen LogP contribution < -0.4 is 15.4 Å². The highest BCUT2D eigenvalue weighted by Crippen LogP contribution is 2.35. The van der Waals surface area contributed by atoms with E-state index in [4.69, 9.17) is 9.73 Å². The van der Waals surface area contributed by atoms with E-state index in [9.17, 15) is 0 Å². The topological polar surface area (TPSA) is 48.9 Å². The fourth-order valence-electron chi connectivity index (χ4n) is 3.58. The van der Waals surface area contributed by atoms with Gasteiger partial charge in [0.15, 0.2) is 5.96 Å². The molecule has 0 amide bonds. The minimum Gasteiger partial charge on any atom is -0.497 e. The molecule has 1 aliphatic heterocycles. The van der Waals surface area contributed by atoms with Gasteiger partial charge in [-0.3, -0.25) is 9.89 Å². The Labute approximate surface area is 176 Å². The molecule has 0 aromatic heterocycles. The Morgan fingerprint density at radius 2 is 2.00 bits per heavy atom. The van der Waals surface area contributed by atoms with E-state index in [1.54, 1.807) is 7.11 Å². The number of guanidine groups is 1. The molecule has 1 aliphatic rings. The summed E-state index contributed by atoms with van der Waals surface area (Å²) < 4.78 is 5.30. The van der Waals surface area contributed by atoms with Crippen molar-refractivity contribution in [2.45, 2.75) is 45.7 Å². The summed E-state index contributed by atoms with van der Waals surface area (Å²) in [6.07, 6.45) is 2.45. The van der Waals surface area contributed by atoms with Crippen molar-refractivity contribution in [3.05, 3.63) is 29.8 Å². The molecular weight excluding hydrogens is 439 g/mol. The third-order valence-electron chi connectivity index (χ3n) is 4.72. The first-order valence-electron chi connectivity index (χ1n) is 9.44. The van der Waals surface area contributed by atoms with Crippen molar-refractivity contribution in [2.24, 2.45) is 10.9 Å². The number of benzene rings is 1. The molecular formula is C20H35IN4O. The van der Waals surface area contributed by atoms with Crippen molar-refractivity contribution in [3.63, 3.8) is 0 Å². The molecule has 0 radical (unpaired) electrons. The highest BCUT2D eigenvalue weighted by molar-refractivity contribution is 14.0. The Morgan fingerprint density at radius 3 is 2.58 bits per heavy atom. The molecule has 0 aliphatic carbocycles. The molecule has 2 atom stereocenters. The number of aliphatic imine (C=N–C) groups is 1. The largest absolute Gasteiger partial charge is 0.497 e. The van der Waals surface area contributed by atoms with Crippen molar-refractivity contribution >= 4 is 29.9 Å². The highest BCUT2D eigenvalue weighted by Gasteiger charge is 2.30. The van der Waals surface area contributed by atoms with E-state index in [1.165, 1.54) is 18.4 Å². The number of piperidine rings is 1. The molecule has 148 valence electrons. The van der Waals surface area contributed by atoms with Crippen molar-refractivity contribution in [1.82, 2.24) is 15.5 Å². The van der Waals surface area contributed by atoms with E-state index >= 15 is 0 Å². The van der Waals surface area contributed by atoms with Crippen molar-refractivity contribution < 1.29 is 4.74 Å². The van der Waals surface area contributed by atoms with Crippen LogP contribution in [0.1, 0.15) is 45.2 Å². The number of methoxy groups -OCH3 is 1. The summed E-state index contributed by atoms with van der Waals surface area (Å²) in [5, 5.41) is 6.75. The van der Waals surface area contributed by atoms with Crippen LogP contribution in [0.3, 0.4) is 0 Å². The van der Waals surface area contributed by atoms with E-state index in [0.717, 1.165) is 31.3 Å². The van der Waals surface area contributed by atoms with Crippen LogP contribution in [0.25, 0.3) is 0 Å². The number of nitrogens with zero attached hydrogens (tertiary/aromatic N) is 2. The molecule has 0 saturated carbocycles. The predicted molar refractivity (Wildman–Crippen MR) is 121 cm³/mol. The lowest BCUT2D eigenvalue weighted by Gasteiger charge is -2.39. The zero-order valence-electron chi connectivity index (χ0n) is 16.8. The minimum absolute atomic E-state index is 0. The Hall–Kier alpha value is -1.02. The van der Waals surface area contributed by atoms with Gasteiger partial charge in [-0.2, -0.15) is 0 Å². The van der Waals surface area contributed by atoms with Gasteiger partial charge < -0.3 is 15.4 Å². The Bertz CT molecular complexity index is 547. The van der Waals surface area contributed by atoms with Crippen molar-refractivity contribution in [1.29, 1.82) is 0 Å². The fraction of sp³-hybridized carbons (Fsp3) is 0.650. The minimum atomic E-state index is 0. The van der Waals surface area contributed by atoms with Crippen LogP contribution in [0.4, 0.5) is 0 Å². The van der Waals surface area contributed by atoms with E-state index < -0.39 is 0 Å². The van der Waals surface area contributed by atoms with Gasteiger partial charge in [0, 0.05) is 25.2 Å². The van der Waals surface area contributed by atoms with Gasteiger partial charge in [-0.15, -0.1) is 24.0 Å². The van der Waals surface area contributed by atoms with Crippen molar-refractivity contribution in [3.8, 4) is 5.75 Å². The Balaban J connectivity index is 0.00000338. The van der Waals surface area contributed by atoms with E-state index in [2.05, 4.69) is 67.6 Å². The van der Waals surface area contributed by atoms with Gasteiger partial charge in [0.05, 0.1) is 7.11 Å². The number of halogens is 1.